The second-order valence-corrected chi connectivity index (χ2v) is 6.30. The SMILES string of the molecule is CC1CCC(N)C(OCCC(C)(C)C)C1. The molecule has 0 aromatic carbocycles. The highest BCUT2D eigenvalue weighted by Gasteiger charge is 2.26. The maximum Gasteiger partial charge on any atom is 0.0728 e. The minimum atomic E-state index is 0.265. The van der Waals surface area contributed by atoms with Crippen LogP contribution in [0.5, 0.6) is 0 Å². The topological polar surface area (TPSA) is 35.2 Å². The van der Waals surface area contributed by atoms with Crippen molar-refractivity contribution in [2.75, 3.05) is 6.61 Å². The molecule has 3 unspecified atom stereocenters. The van der Waals surface area contributed by atoms with Crippen molar-refractivity contribution in [1.82, 2.24) is 0 Å². The fourth-order valence-electron chi connectivity index (χ4n) is 2.06. The van der Waals surface area contributed by atoms with Gasteiger partial charge in [0, 0.05) is 12.6 Å². The Morgan fingerprint density at radius 1 is 1.27 bits per heavy atom. The van der Waals surface area contributed by atoms with Crippen LogP contribution in [0.4, 0.5) is 0 Å². The van der Waals surface area contributed by atoms with Crippen molar-refractivity contribution in [2.24, 2.45) is 17.1 Å². The smallest absolute Gasteiger partial charge is 0.0728 e. The molecular weight excluding hydrogens is 186 g/mol. The minimum Gasteiger partial charge on any atom is -0.377 e. The molecule has 1 aliphatic rings. The molecule has 15 heavy (non-hydrogen) atoms. The highest BCUT2D eigenvalue weighted by atomic mass is 16.5. The van der Waals surface area contributed by atoms with Crippen LogP contribution in [0.2, 0.25) is 0 Å². The standard InChI is InChI=1S/C13H27NO/c1-10-5-6-11(14)12(9-10)15-8-7-13(2,3)4/h10-12H,5-9,14H2,1-4H3. The summed E-state index contributed by atoms with van der Waals surface area (Å²) in [5, 5.41) is 0. The van der Waals surface area contributed by atoms with E-state index in [2.05, 4.69) is 27.7 Å². The molecule has 0 bridgehead atoms. The third kappa shape index (κ3) is 4.98. The van der Waals surface area contributed by atoms with Gasteiger partial charge in [0.2, 0.25) is 0 Å². The van der Waals surface area contributed by atoms with Crippen LogP contribution >= 0.6 is 0 Å². The molecule has 2 heteroatoms. The zero-order valence-electron chi connectivity index (χ0n) is 10.8. The van der Waals surface area contributed by atoms with Crippen molar-refractivity contribution in [3.63, 3.8) is 0 Å². The van der Waals surface area contributed by atoms with Gasteiger partial charge in [-0.15, -0.1) is 0 Å². The van der Waals surface area contributed by atoms with Crippen molar-refractivity contribution in [1.29, 1.82) is 0 Å². The minimum absolute atomic E-state index is 0.265. The molecule has 0 saturated heterocycles. The first-order chi connectivity index (χ1) is 6.88. The summed E-state index contributed by atoms with van der Waals surface area (Å²) in [6.45, 7) is 9.90. The number of nitrogens with two attached hydrogens (primary N) is 1. The van der Waals surface area contributed by atoms with Crippen LogP contribution in [0.1, 0.15) is 53.4 Å². The fraction of sp³-hybridized carbons (Fsp3) is 1.00. The van der Waals surface area contributed by atoms with Crippen molar-refractivity contribution in [3.8, 4) is 0 Å². The summed E-state index contributed by atoms with van der Waals surface area (Å²) >= 11 is 0. The van der Waals surface area contributed by atoms with E-state index in [1.165, 1.54) is 6.42 Å². The van der Waals surface area contributed by atoms with E-state index in [0.29, 0.717) is 11.5 Å². The van der Waals surface area contributed by atoms with Gasteiger partial charge in [-0.1, -0.05) is 27.7 Å². The normalized spacial score (nSPS) is 33.0. The predicted molar refractivity (Wildman–Crippen MR) is 64.8 cm³/mol. The van der Waals surface area contributed by atoms with Crippen LogP contribution in [0.15, 0.2) is 0 Å². The largest absolute Gasteiger partial charge is 0.377 e. The summed E-state index contributed by atoms with van der Waals surface area (Å²) in [6.07, 6.45) is 4.95. The molecule has 1 saturated carbocycles. The molecule has 1 aliphatic carbocycles. The molecule has 90 valence electrons. The highest BCUT2D eigenvalue weighted by Crippen LogP contribution is 2.26. The number of ether oxygens (including phenoxy) is 1. The lowest BCUT2D eigenvalue weighted by atomic mass is 9.85. The first kappa shape index (κ1) is 13.0. The van der Waals surface area contributed by atoms with Crippen molar-refractivity contribution < 1.29 is 4.74 Å². The van der Waals surface area contributed by atoms with E-state index in [-0.39, 0.29) is 6.04 Å². The average Bonchev–Trinajstić information content (AvgIpc) is 2.09. The molecule has 2 nitrogen and oxygen atoms in total. The monoisotopic (exact) mass is 213 g/mol. The third-order valence-electron chi connectivity index (χ3n) is 3.29. The van der Waals surface area contributed by atoms with Gasteiger partial charge in [0.1, 0.15) is 0 Å². The van der Waals surface area contributed by atoms with Crippen LogP contribution in [-0.2, 0) is 4.74 Å². The van der Waals surface area contributed by atoms with Crippen LogP contribution in [0.25, 0.3) is 0 Å². The maximum atomic E-state index is 6.07. The Balaban J connectivity index is 2.24. The van der Waals surface area contributed by atoms with Gasteiger partial charge in [-0.2, -0.15) is 0 Å². The number of rotatable bonds is 3. The Kier molecular flexibility index (Phi) is 4.60. The van der Waals surface area contributed by atoms with E-state index in [9.17, 15) is 0 Å². The summed E-state index contributed by atoms with van der Waals surface area (Å²) in [5.74, 6) is 0.782. The van der Waals surface area contributed by atoms with E-state index in [4.69, 9.17) is 10.5 Å². The zero-order chi connectivity index (χ0) is 11.5. The molecule has 0 amide bonds. The number of hydrogen-bond donors (Lipinski definition) is 1. The maximum absolute atomic E-state index is 6.07. The summed E-state index contributed by atoms with van der Waals surface area (Å²) in [5.41, 5.74) is 6.43. The second-order valence-electron chi connectivity index (χ2n) is 6.30. The predicted octanol–water partition coefficient (Wildman–Crippen LogP) is 2.96. The van der Waals surface area contributed by atoms with Gasteiger partial charge in [-0.05, 0) is 37.0 Å². The van der Waals surface area contributed by atoms with E-state index in [1.807, 2.05) is 0 Å². The van der Waals surface area contributed by atoms with Crippen molar-refractivity contribution in [2.45, 2.75) is 65.5 Å². The lowest BCUT2D eigenvalue weighted by Crippen LogP contribution is -2.41. The summed E-state index contributed by atoms with van der Waals surface area (Å²) in [4.78, 5) is 0. The van der Waals surface area contributed by atoms with Gasteiger partial charge in [-0.3, -0.25) is 0 Å². The van der Waals surface area contributed by atoms with Crippen molar-refractivity contribution in [3.05, 3.63) is 0 Å². The van der Waals surface area contributed by atoms with Crippen LogP contribution in [0, 0.1) is 11.3 Å². The summed E-state index contributed by atoms with van der Waals surface area (Å²) < 4.78 is 5.92. The molecule has 0 radical (unpaired) electrons. The molecule has 0 aliphatic heterocycles. The molecule has 0 aromatic rings. The van der Waals surface area contributed by atoms with Gasteiger partial charge in [0.15, 0.2) is 0 Å². The van der Waals surface area contributed by atoms with Crippen LogP contribution in [-0.4, -0.2) is 18.8 Å². The Bertz CT molecular complexity index is 185. The molecule has 0 spiro atoms. The molecule has 1 fully saturated rings. The molecule has 2 N–H and O–H groups in total. The Morgan fingerprint density at radius 3 is 2.53 bits per heavy atom. The molecule has 3 atom stereocenters. The van der Waals surface area contributed by atoms with Crippen molar-refractivity contribution >= 4 is 0 Å². The average molecular weight is 213 g/mol. The van der Waals surface area contributed by atoms with Gasteiger partial charge < -0.3 is 10.5 Å². The zero-order valence-corrected chi connectivity index (χ0v) is 10.8. The fourth-order valence-corrected chi connectivity index (χ4v) is 2.06. The number of hydrogen-bond acceptors (Lipinski definition) is 2. The second kappa shape index (κ2) is 5.31. The highest BCUT2D eigenvalue weighted by molar-refractivity contribution is 4.81. The van der Waals surface area contributed by atoms with E-state index >= 15 is 0 Å². The van der Waals surface area contributed by atoms with Gasteiger partial charge in [0.05, 0.1) is 6.10 Å². The third-order valence-corrected chi connectivity index (χ3v) is 3.29. The van der Waals surface area contributed by atoms with E-state index in [0.717, 1.165) is 31.8 Å². The molecule has 0 heterocycles. The Labute approximate surface area is 94.6 Å². The lowest BCUT2D eigenvalue weighted by Gasteiger charge is -2.33. The van der Waals surface area contributed by atoms with Gasteiger partial charge in [-0.25, -0.2) is 0 Å². The molecular formula is C13H27NO. The van der Waals surface area contributed by atoms with Crippen LogP contribution in [0.3, 0.4) is 0 Å². The van der Waals surface area contributed by atoms with E-state index in [1.54, 1.807) is 0 Å². The quantitative estimate of drug-likeness (QED) is 0.782. The Morgan fingerprint density at radius 2 is 1.93 bits per heavy atom. The first-order valence-electron chi connectivity index (χ1n) is 6.25. The molecule has 0 aromatic heterocycles. The molecule has 1 rings (SSSR count). The summed E-state index contributed by atoms with van der Waals surface area (Å²) in [7, 11) is 0. The van der Waals surface area contributed by atoms with Crippen LogP contribution < -0.4 is 5.73 Å². The van der Waals surface area contributed by atoms with Gasteiger partial charge in [0.25, 0.3) is 0 Å². The van der Waals surface area contributed by atoms with Gasteiger partial charge >= 0.3 is 0 Å². The summed E-state index contributed by atoms with van der Waals surface area (Å²) in [6, 6.07) is 0.265. The Hall–Kier alpha value is -0.0800. The lowest BCUT2D eigenvalue weighted by molar-refractivity contribution is -0.00768. The van der Waals surface area contributed by atoms with E-state index < -0.39 is 0 Å². The first-order valence-corrected chi connectivity index (χ1v) is 6.25.